The van der Waals surface area contributed by atoms with Gasteiger partial charge in [-0.25, -0.2) is 9.37 Å². The molecule has 0 unspecified atom stereocenters. The zero-order valence-corrected chi connectivity index (χ0v) is 12.4. The SMILES string of the molecule is C[C@@H]1CNCCN1C(=O)Cc1coc(-c2ccc(F)cc2)n1. The Morgan fingerprint density at radius 2 is 2.23 bits per heavy atom. The average Bonchev–Trinajstić information content (AvgIpc) is 2.97. The number of nitrogens with one attached hydrogen (secondary N) is 1. The van der Waals surface area contributed by atoms with Gasteiger partial charge in [0.1, 0.15) is 12.1 Å². The zero-order chi connectivity index (χ0) is 15.5. The second kappa shape index (κ2) is 6.27. The van der Waals surface area contributed by atoms with E-state index in [4.69, 9.17) is 4.42 Å². The molecule has 1 aliphatic heterocycles. The highest BCUT2D eigenvalue weighted by Crippen LogP contribution is 2.19. The Morgan fingerprint density at radius 3 is 2.95 bits per heavy atom. The van der Waals surface area contributed by atoms with Gasteiger partial charge >= 0.3 is 0 Å². The van der Waals surface area contributed by atoms with Crippen molar-refractivity contribution in [1.29, 1.82) is 0 Å². The first-order valence-electron chi connectivity index (χ1n) is 7.34. The van der Waals surface area contributed by atoms with Crippen LogP contribution in [0.15, 0.2) is 34.9 Å². The van der Waals surface area contributed by atoms with E-state index in [2.05, 4.69) is 10.3 Å². The molecule has 0 bridgehead atoms. The van der Waals surface area contributed by atoms with Crippen LogP contribution in [0.5, 0.6) is 0 Å². The Hall–Kier alpha value is -2.21. The summed E-state index contributed by atoms with van der Waals surface area (Å²) in [6.45, 7) is 4.36. The van der Waals surface area contributed by atoms with E-state index in [9.17, 15) is 9.18 Å². The van der Waals surface area contributed by atoms with E-state index >= 15 is 0 Å². The van der Waals surface area contributed by atoms with E-state index < -0.39 is 0 Å². The molecule has 116 valence electrons. The average molecular weight is 303 g/mol. The standard InChI is InChI=1S/C16H18FN3O2/c1-11-9-18-6-7-20(11)15(21)8-14-10-22-16(19-14)12-2-4-13(17)5-3-12/h2-5,10-11,18H,6-9H2,1H3/t11-/m1/s1. The van der Waals surface area contributed by atoms with Gasteiger partial charge in [0.15, 0.2) is 0 Å². The molecule has 5 nitrogen and oxygen atoms in total. The van der Waals surface area contributed by atoms with Crippen LogP contribution in [0.1, 0.15) is 12.6 Å². The molecule has 0 aliphatic carbocycles. The quantitative estimate of drug-likeness (QED) is 0.940. The van der Waals surface area contributed by atoms with Crippen molar-refractivity contribution in [3.8, 4) is 11.5 Å². The van der Waals surface area contributed by atoms with Crippen molar-refractivity contribution in [3.63, 3.8) is 0 Å². The Bertz CT molecular complexity index is 654. The zero-order valence-electron chi connectivity index (χ0n) is 12.4. The monoisotopic (exact) mass is 303 g/mol. The minimum absolute atomic E-state index is 0.0490. The van der Waals surface area contributed by atoms with Crippen molar-refractivity contribution in [1.82, 2.24) is 15.2 Å². The molecule has 2 aromatic rings. The molecule has 1 N–H and O–H groups in total. The van der Waals surface area contributed by atoms with E-state index in [1.807, 2.05) is 11.8 Å². The highest BCUT2D eigenvalue weighted by molar-refractivity contribution is 5.78. The molecule has 1 atom stereocenters. The van der Waals surface area contributed by atoms with Gasteiger partial charge in [-0.2, -0.15) is 0 Å². The molecule has 1 aromatic heterocycles. The molecular formula is C16H18FN3O2. The van der Waals surface area contributed by atoms with Gasteiger partial charge in [0, 0.05) is 31.2 Å². The Morgan fingerprint density at radius 1 is 1.45 bits per heavy atom. The summed E-state index contributed by atoms with van der Waals surface area (Å²) >= 11 is 0. The summed E-state index contributed by atoms with van der Waals surface area (Å²) in [5.41, 5.74) is 1.28. The minimum Gasteiger partial charge on any atom is -0.444 e. The van der Waals surface area contributed by atoms with Crippen LogP contribution in [0.4, 0.5) is 4.39 Å². The van der Waals surface area contributed by atoms with E-state index in [1.165, 1.54) is 18.4 Å². The molecule has 0 spiro atoms. The summed E-state index contributed by atoms with van der Waals surface area (Å²) in [7, 11) is 0. The van der Waals surface area contributed by atoms with Crippen LogP contribution < -0.4 is 5.32 Å². The predicted molar refractivity (Wildman–Crippen MR) is 79.6 cm³/mol. The number of rotatable bonds is 3. The Kier molecular flexibility index (Phi) is 4.20. The summed E-state index contributed by atoms with van der Waals surface area (Å²) in [6, 6.07) is 6.10. The summed E-state index contributed by atoms with van der Waals surface area (Å²) < 4.78 is 18.3. The van der Waals surface area contributed by atoms with Gasteiger partial charge in [-0.3, -0.25) is 4.79 Å². The van der Waals surface area contributed by atoms with Gasteiger partial charge in [-0.1, -0.05) is 0 Å². The molecule has 22 heavy (non-hydrogen) atoms. The molecular weight excluding hydrogens is 285 g/mol. The van der Waals surface area contributed by atoms with Crippen LogP contribution in [0.3, 0.4) is 0 Å². The Balaban J connectivity index is 1.68. The van der Waals surface area contributed by atoms with E-state index in [0.29, 0.717) is 23.7 Å². The predicted octanol–water partition coefficient (Wildman–Crippen LogP) is 1.84. The lowest BCUT2D eigenvalue weighted by molar-refractivity contribution is -0.133. The van der Waals surface area contributed by atoms with E-state index in [1.54, 1.807) is 12.1 Å². The normalized spacial score (nSPS) is 18.5. The maximum absolute atomic E-state index is 12.9. The highest BCUT2D eigenvalue weighted by atomic mass is 19.1. The number of halogens is 1. The van der Waals surface area contributed by atoms with Crippen molar-refractivity contribution >= 4 is 5.91 Å². The molecule has 1 saturated heterocycles. The first kappa shape index (κ1) is 14.7. The summed E-state index contributed by atoms with van der Waals surface area (Å²) in [5, 5.41) is 3.25. The molecule has 6 heteroatoms. The maximum Gasteiger partial charge on any atom is 0.229 e. The highest BCUT2D eigenvalue weighted by Gasteiger charge is 2.23. The number of carbonyl (C=O) groups excluding carboxylic acids is 1. The fraction of sp³-hybridized carbons (Fsp3) is 0.375. The van der Waals surface area contributed by atoms with Gasteiger partial charge in [0.2, 0.25) is 11.8 Å². The third-order valence-electron chi connectivity index (χ3n) is 3.80. The summed E-state index contributed by atoms with van der Waals surface area (Å²) in [4.78, 5) is 18.5. The molecule has 0 radical (unpaired) electrons. The third-order valence-corrected chi connectivity index (χ3v) is 3.80. The molecule has 0 saturated carbocycles. The number of oxazole rings is 1. The van der Waals surface area contributed by atoms with Crippen molar-refractivity contribution in [3.05, 3.63) is 42.0 Å². The van der Waals surface area contributed by atoms with Crippen LogP contribution >= 0.6 is 0 Å². The van der Waals surface area contributed by atoms with Crippen molar-refractivity contribution in [2.45, 2.75) is 19.4 Å². The second-order valence-corrected chi connectivity index (χ2v) is 5.47. The molecule has 2 heterocycles. The molecule has 1 fully saturated rings. The van der Waals surface area contributed by atoms with Crippen LogP contribution in [0.25, 0.3) is 11.5 Å². The Labute approximate surface area is 128 Å². The number of hydrogen-bond acceptors (Lipinski definition) is 4. The lowest BCUT2D eigenvalue weighted by Crippen LogP contribution is -2.52. The first-order chi connectivity index (χ1) is 10.6. The summed E-state index contributed by atoms with van der Waals surface area (Å²) in [5.74, 6) is 0.141. The van der Waals surface area contributed by atoms with Gasteiger partial charge < -0.3 is 14.6 Å². The molecule has 1 aliphatic rings. The van der Waals surface area contributed by atoms with Gasteiger partial charge in [-0.15, -0.1) is 0 Å². The van der Waals surface area contributed by atoms with Gasteiger partial charge in [-0.05, 0) is 31.2 Å². The van der Waals surface area contributed by atoms with Crippen LogP contribution in [-0.4, -0.2) is 41.5 Å². The lowest BCUT2D eigenvalue weighted by atomic mass is 10.2. The lowest BCUT2D eigenvalue weighted by Gasteiger charge is -2.33. The van der Waals surface area contributed by atoms with Crippen molar-refractivity contribution in [2.24, 2.45) is 0 Å². The number of nitrogens with zero attached hydrogens (tertiary/aromatic N) is 2. The van der Waals surface area contributed by atoms with E-state index in [0.717, 1.165) is 13.1 Å². The smallest absolute Gasteiger partial charge is 0.229 e. The number of aromatic nitrogens is 1. The summed E-state index contributed by atoms with van der Waals surface area (Å²) in [6.07, 6.45) is 1.71. The topological polar surface area (TPSA) is 58.4 Å². The number of benzene rings is 1. The van der Waals surface area contributed by atoms with Crippen LogP contribution in [-0.2, 0) is 11.2 Å². The molecule has 1 amide bonds. The number of carbonyl (C=O) groups is 1. The van der Waals surface area contributed by atoms with Crippen LogP contribution in [0.2, 0.25) is 0 Å². The fourth-order valence-corrected chi connectivity index (χ4v) is 2.58. The molecule has 3 rings (SSSR count). The fourth-order valence-electron chi connectivity index (χ4n) is 2.58. The molecule has 1 aromatic carbocycles. The van der Waals surface area contributed by atoms with Crippen LogP contribution in [0, 0.1) is 5.82 Å². The van der Waals surface area contributed by atoms with Gasteiger partial charge in [0.05, 0.1) is 12.1 Å². The minimum atomic E-state index is -0.307. The van der Waals surface area contributed by atoms with E-state index in [-0.39, 0.29) is 24.2 Å². The third kappa shape index (κ3) is 3.17. The number of piperazine rings is 1. The number of hydrogen-bond donors (Lipinski definition) is 1. The van der Waals surface area contributed by atoms with Crippen molar-refractivity contribution < 1.29 is 13.6 Å². The largest absolute Gasteiger partial charge is 0.444 e. The van der Waals surface area contributed by atoms with Gasteiger partial charge in [0.25, 0.3) is 0 Å². The second-order valence-electron chi connectivity index (χ2n) is 5.47. The maximum atomic E-state index is 12.9. The first-order valence-corrected chi connectivity index (χ1v) is 7.34. The van der Waals surface area contributed by atoms with Crippen molar-refractivity contribution in [2.75, 3.05) is 19.6 Å². The number of amides is 1.